The third kappa shape index (κ3) is 3.15. The highest BCUT2D eigenvalue weighted by Gasteiger charge is 2.22. The lowest BCUT2D eigenvalue weighted by Crippen LogP contribution is -2.34. The summed E-state index contributed by atoms with van der Waals surface area (Å²) in [7, 11) is 0. The van der Waals surface area contributed by atoms with Gasteiger partial charge in [-0.05, 0) is 61.7 Å². The Kier molecular flexibility index (Phi) is 4.24. The molecule has 0 spiro atoms. The summed E-state index contributed by atoms with van der Waals surface area (Å²) in [5.74, 6) is -0.137. The largest absolute Gasteiger partial charge is 0.358 e. The molecule has 1 atom stereocenters. The van der Waals surface area contributed by atoms with Crippen LogP contribution >= 0.6 is 0 Å². The van der Waals surface area contributed by atoms with Gasteiger partial charge in [0.1, 0.15) is 0 Å². The number of fused-ring (bicyclic) bond motifs is 3. The average molecular weight is 334 g/mol. The van der Waals surface area contributed by atoms with Gasteiger partial charge in [0.2, 0.25) is 0 Å². The predicted octanol–water partition coefficient (Wildman–Crippen LogP) is 3.28. The second kappa shape index (κ2) is 6.69. The fourth-order valence-electron chi connectivity index (χ4n) is 3.66. The first-order valence-corrected chi connectivity index (χ1v) is 8.83. The highest BCUT2D eigenvalue weighted by Crippen LogP contribution is 2.31. The summed E-state index contributed by atoms with van der Waals surface area (Å²) >= 11 is 0. The number of nitrogens with zero attached hydrogens (tertiary/aromatic N) is 1. The number of carbonyl (C=O) groups is 1. The minimum Gasteiger partial charge on any atom is -0.358 e. The Hall–Kier alpha value is -2.66. The number of nitrogens with one attached hydrogen (secondary N) is 3. The van der Waals surface area contributed by atoms with Gasteiger partial charge in [0.15, 0.2) is 0 Å². The first-order chi connectivity index (χ1) is 12.2. The second-order valence-electron chi connectivity index (χ2n) is 6.54. The van der Waals surface area contributed by atoms with Crippen molar-refractivity contribution in [3.05, 3.63) is 59.5 Å². The van der Waals surface area contributed by atoms with Crippen molar-refractivity contribution in [2.24, 2.45) is 0 Å². The quantitative estimate of drug-likeness (QED) is 0.686. The number of likely N-dealkylation sites (N-methyl/N-ethyl adjacent to an activating group) is 1. The fourth-order valence-corrected chi connectivity index (χ4v) is 3.66. The van der Waals surface area contributed by atoms with Crippen molar-refractivity contribution in [3.8, 4) is 0 Å². The average Bonchev–Trinajstić information content (AvgIpc) is 3.00. The van der Waals surface area contributed by atoms with Crippen LogP contribution in [0.5, 0.6) is 0 Å². The van der Waals surface area contributed by atoms with Crippen LogP contribution in [-0.2, 0) is 12.8 Å². The molecule has 0 aliphatic heterocycles. The Bertz CT molecular complexity index is 901. The third-order valence-corrected chi connectivity index (χ3v) is 4.86. The van der Waals surface area contributed by atoms with Crippen molar-refractivity contribution in [1.82, 2.24) is 15.3 Å². The Morgan fingerprint density at radius 3 is 3.08 bits per heavy atom. The number of pyridine rings is 1. The molecule has 2 aromatic heterocycles. The van der Waals surface area contributed by atoms with E-state index in [1.54, 1.807) is 24.5 Å². The molecule has 5 heteroatoms. The summed E-state index contributed by atoms with van der Waals surface area (Å²) in [4.78, 5) is 19.9. The van der Waals surface area contributed by atoms with Crippen LogP contribution in [0.15, 0.2) is 42.7 Å². The van der Waals surface area contributed by atoms with Gasteiger partial charge in [0.25, 0.3) is 5.91 Å². The zero-order valence-electron chi connectivity index (χ0n) is 14.3. The fraction of sp³-hybridized carbons (Fsp3) is 0.300. The molecule has 25 heavy (non-hydrogen) atoms. The predicted molar refractivity (Wildman–Crippen MR) is 100.0 cm³/mol. The van der Waals surface area contributed by atoms with Crippen LogP contribution in [0.3, 0.4) is 0 Å². The normalized spacial score (nSPS) is 16.6. The Labute approximate surface area is 146 Å². The first-order valence-electron chi connectivity index (χ1n) is 8.83. The van der Waals surface area contributed by atoms with Crippen molar-refractivity contribution in [2.45, 2.75) is 32.2 Å². The minimum atomic E-state index is -0.137. The van der Waals surface area contributed by atoms with Crippen LogP contribution in [0.25, 0.3) is 10.9 Å². The van der Waals surface area contributed by atoms with Crippen LogP contribution in [0, 0.1) is 0 Å². The molecule has 0 bridgehead atoms. The smallest absolute Gasteiger partial charge is 0.257 e. The zero-order chi connectivity index (χ0) is 17.2. The number of aryl methyl sites for hydroxylation is 1. The van der Waals surface area contributed by atoms with Gasteiger partial charge >= 0.3 is 0 Å². The number of amides is 1. The summed E-state index contributed by atoms with van der Waals surface area (Å²) in [6.45, 7) is 3.14. The lowest BCUT2D eigenvalue weighted by Gasteiger charge is -2.23. The molecule has 1 aliphatic rings. The van der Waals surface area contributed by atoms with E-state index in [0.29, 0.717) is 11.6 Å². The number of H-pyrrole nitrogens is 1. The maximum absolute atomic E-state index is 12.3. The van der Waals surface area contributed by atoms with Gasteiger partial charge in [-0.15, -0.1) is 0 Å². The van der Waals surface area contributed by atoms with E-state index < -0.39 is 0 Å². The van der Waals surface area contributed by atoms with E-state index in [9.17, 15) is 4.79 Å². The van der Waals surface area contributed by atoms with Gasteiger partial charge < -0.3 is 15.6 Å². The van der Waals surface area contributed by atoms with E-state index >= 15 is 0 Å². The summed E-state index contributed by atoms with van der Waals surface area (Å²) in [6.07, 6.45) is 6.50. The molecule has 1 aliphatic carbocycles. The van der Waals surface area contributed by atoms with Gasteiger partial charge in [-0.25, -0.2) is 0 Å². The molecule has 5 nitrogen and oxygen atoms in total. The summed E-state index contributed by atoms with van der Waals surface area (Å²) in [6, 6.07) is 10.1. The second-order valence-corrected chi connectivity index (χ2v) is 6.54. The van der Waals surface area contributed by atoms with Gasteiger partial charge in [0, 0.05) is 40.7 Å². The molecule has 1 unspecified atom stereocenters. The van der Waals surface area contributed by atoms with E-state index in [4.69, 9.17) is 0 Å². The van der Waals surface area contributed by atoms with Crippen LogP contribution < -0.4 is 10.6 Å². The third-order valence-electron chi connectivity index (χ3n) is 4.86. The van der Waals surface area contributed by atoms with Crippen molar-refractivity contribution in [3.63, 3.8) is 0 Å². The van der Waals surface area contributed by atoms with Gasteiger partial charge in [-0.2, -0.15) is 0 Å². The van der Waals surface area contributed by atoms with Gasteiger partial charge in [0.05, 0.1) is 5.56 Å². The summed E-state index contributed by atoms with van der Waals surface area (Å²) < 4.78 is 0. The number of anilines is 1. The monoisotopic (exact) mass is 334 g/mol. The zero-order valence-corrected chi connectivity index (χ0v) is 14.3. The topological polar surface area (TPSA) is 69.8 Å². The van der Waals surface area contributed by atoms with E-state index in [-0.39, 0.29) is 5.91 Å². The number of rotatable bonds is 4. The van der Waals surface area contributed by atoms with Crippen LogP contribution in [-0.4, -0.2) is 28.5 Å². The van der Waals surface area contributed by atoms with Crippen LogP contribution in [0.2, 0.25) is 0 Å². The highest BCUT2D eigenvalue weighted by molar-refractivity contribution is 6.05. The maximum Gasteiger partial charge on any atom is 0.257 e. The molecule has 2 heterocycles. The number of aromatic nitrogens is 2. The molecule has 1 aromatic carbocycles. The lowest BCUT2D eigenvalue weighted by atomic mass is 9.91. The molecule has 3 N–H and O–H groups in total. The Morgan fingerprint density at radius 1 is 1.36 bits per heavy atom. The molecule has 0 fully saturated rings. The number of benzene rings is 1. The lowest BCUT2D eigenvalue weighted by molar-refractivity contribution is 0.102. The molecule has 4 rings (SSSR count). The van der Waals surface area contributed by atoms with Crippen molar-refractivity contribution in [2.75, 3.05) is 11.9 Å². The molecule has 1 amide bonds. The summed E-state index contributed by atoms with van der Waals surface area (Å²) in [5.41, 5.74) is 5.23. The molecule has 0 radical (unpaired) electrons. The molecule has 128 valence electrons. The van der Waals surface area contributed by atoms with E-state index in [1.807, 2.05) is 6.07 Å². The number of hydrogen-bond donors (Lipinski definition) is 3. The van der Waals surface area contributed by atoms with Crippen molar-refractivity contribution < 1.29 is 4.79 Å². The van der Waals surface area contributed by atoms with E-state index in [2.05, 4.69) is 39.7 Å². The Balaban J connectivity index is 1.62. The minimum absolute atomic E-state index is 0.137. The standard InChI is InChI=1S/C20H22N4O/c1-2-22-14-5-7-18-16(10-14)17-11-15(6-8-19(17)24-18)23-20(25)13-4-3-9-21-12-13/h3-4,6,8-9,11-12,14,22,24H,2,5,7,10H2,1H3,(H,23,25). The summed E-state index contributed by atoms with van der Waals surface area (Å²) in [5, 5.41) is 7.74. The molecular formula is C20H22N4O. The SMILES string of the molecule is CCNC1CCc2[nH]c3ccc(NC(=O)c4cccnc4)cc3c2C1. The highest BCUT2D eigenvalue weighted by atomic mass is 16.1. The van der Waals surface area contributed by atoms with Crippen molar-refractivity contribution >= 4 is 22.5 Å². The van der Waals surface area contributed by atoms with E-state index in [0.717, 1.165) is 37.0 Å². The first kappa shape index (κ1) is 15.8. The van der Waals surface area contributed by atoms with E-state index in [1.165, 1.54) is 16.6 Å². The molecule has 3 aromatic rings. The molecular weight excluding hydrogens is 312 g/mol. The number of carbonyl (C=O) groups excluding carboxylic acids is 1. The maximum atomic E-state index is 12.3. The van der Waals surface area contributed by atoms with Crippen LogP contribution in [0.4, 0.5) is 5.69 Å². The molecule has 0 saturated carbocycles. The number of hydrogen-bond acceptors (Lipinski definition) is 3. The van der Waals surface area contributed by atoms with Crippen LogP contribution in [0.1, 0.15) is 35.0 Å². The Morgan fingerprint density at radius 2 is 2.28 bits per heavy atom. The molecule has 0 saturated heterocycles. The van der Waals surface area contributed by atoms with Gasteiger partial charge in [-0.3, -0.25) is 9.78 Å². The van der Waals surface area contributed by atoms with Crippen molar-refractivity contribution in [1.29, 1.82) is 0 Å². The van der Waals surface area contributed by atoms with Gasteiger partial charge in [-0.1, -0.05) is 6.92 Å². The number of aromatic amines is 1.